The molecule has 0 saturated carbocycles. The second kappa shape index (κ2) is 8.34. The third kappa shape index (κ3) is 4.64. The van der Waals surface area contributed by atoms with Crippen molar-refractivity contribution >= 4 is 28.8 Å². The Morgan fingerprint density at radius 2 is 1.87 bits per heavy atom. The Kier molecular flexibility index (Phi) is 5.84. The number of nitrogens with zero attached hydrogens (tertiary/aromatic N) is 3. The van der Waals surface area contributed by atoms with Crippen molar-refractivity contribution < 1.29 is 26.9 Å². The van der Waals surface area contributed by atoms with Crippen LogP contribution >= 0.6 is 11.6 Å². The van der Waals surface area contributed by atoms with E-state index in [1.165, 1.54) is 30.3 Å². The van der Waals surface area contributed by atoms with Crippen LogP contribution in [0.1, 0.15) is 16.1 Å². The fraction of sp³-hybridized carbons (Fsp3) is 0.0526. The maximum atomic E-state index is 13.0. The fourth-order valence-corrected chi connectivity index (χ4v) is 2.60. The first-order chi connectivity index (χ1) is 14.2. The molecule has 0 aliphatic rings. The molecule has 1 aromatic heterocycles. The Morgan fingerprint density at radius 3 is 2.47 bits per heavy atom. The number of rotatable bonds is 5. The summed E-state index contributed by atoms with van der Waals surface area (Å²) in [5.41, 5.74) is 0.896. The molecule has 0 fully saturated rings. The molecule has 0 spiro atoms. The number of carbonyl (C=O) groups excluding carboxylic acids is 1. The predicted octanol–water partition coefficient (Wildman–Crippen LogP) is 5.33. The van der Waals surface area contributed by atoms with E-state index in [9.17, 15) is 27.6 Å². The number of benzene rings is 2. The first-order valence-corrected chi connectivity index (χ1v) is 8.44. The van der Waals surface area contributed by atoms with Gasteiger partial charge >= 0.3 is 6.18 Å². The Morgan fingerprint density at radius 1 is 1.17 bits per heavy atom. The third-order valence-corrected chi connectivity index (χ3v) is 4.08. The number of anilines is 1. The molecular formula is C19H9ClF4N4O2. The molecule has 1 heterocycles. The number of hydrogen-bond acceptors (Lipinski definition) is 6. The number of aromatic nitrogens is 1. The summed E-state index contributed by atoms with van der Waals surface area (Å²) >= 11 is 5.61. The second-order valence-electron chi connectivity index (χ2n) is 5.79. The quantitative estimate of drug-likeness (QED) is 0.253. The fourth-order valence-electron chi connectivity index (χ4n) is 2.32. The number of hydrazone groups is 1. The van der Waals surface area contributed by atoms with Gasteiger partial charge < -0.3 is 4.52 Å². The number of carbonyl (C=O) groups is 1. The number of ketones is 1. The van der Waals surface area contributed by atoms with Crippen LogP contribution in [0.3, 0.4) is 0 Å². The van der Waals surface area contributed by atoms with Crippen LogP contribution in [0.5, 0.6) is 0 Å². The molecule has 0 aliphatic carbocycles. The Balaban J connectivity index is 1.78. The second-order valence-corrected chi connectivity index (χ2v) is 6.20. The first kappa shape index (κ1) is 21.0. The van der Waals surface area contributed by atoms with Crippen LogP contribution in [0.2, 0.25) is 5.02 Å². The molecule has 0 amide bonds. The predicted molar refractivity (Wildman–Crippen MR) is 99.4 cm³/mol. The van der Waals surface area contributed by atoms with Crippen LogP contribution in [0, 0.1) is 17.1 Å². The first-order valence-electron chi connectivity index (χ1n) is 8.07. The lowest BCUT2D eigenvalue weighted by Crippen LogP contribution is -2.14. The molecule has 0 atom stereocenters. The summed E-state index contributed by atoms with van der Waals surface area (Å²) in [7, 11) is 0. The van der Waals surface area contributed by atoms with Crippen molar-refractivity contribution in [3.8, 4) is 17.4 Å². The van der Waals surface area contributed by atoms with E-state index in [2.05, 4.69) is 15.7 Å². The summed E-state index contributed by atoms with van der Waals surface area (Å²) in [5.74, 6) is -1.18. The Hall–Kier alpha value is -3.71. The van der Waals surface area contributed by atoms with Crippen LogP contribution in [-0.2, 0) is 6.18 Å². The SMILES string of the molecule is N#CC(=NNc1ccc(C(F)(F)F)c(Cl)c1)C(=O)c1cc(-c2ccc(F)cc2)on1. The molecule has 6 nitrogen and oxygen atoms in total. The zero-order chi connectivity index (χ0) is 21.9. The summed E-state index contributed by atoms with van der Waals surface area (Å²) in [5, 5.41) is 15.8. The van der Waals surface area contributed by atoms with E-state index in [0.29, 0.717) is 5.56 Å². The normalized spacial score (nSPS) is 11.8. The van der Waals surface area contributed by atoms with Crippen molar-refractivity contribution in [3.05, 3.63) is 70.6 Å². The smallest absolute Gasteiger partial charge is 0.356 e. The lowest BCUT2D eigenvalue weighted by atomic mass is 10.1. The molecule has 3 rings (SSSR count). The van der Waals surface area contributed by atoms with E-state index in [-0.39, 0.29) is 17.1 Å². The van der Waals surface area contributed by atoms with Gasteiger partial charge in [-0.1, -0.05) is 16.8 Å². The van der Waals surface area contributed by atoms with Crippen molar-refractivity contribution in [2.24, 2.45) is 5.10 Å². The number of hydrogen-bond donors (Lipinski definition) is 1. The van der Waals surface area contributed by atoms with Gasteiger partial charge in [-0.15, -0.1) is 0 Å². The topological polar surface area (TPSA) is 91.3 Å². The van der Waals surface area contributed by atoms with Gasteiger partial charge in [-0.2, -0.15) is 23.5 Å². The highest BCUT2D eigenvalue weighted by Gasteiger charge is 2.33. The molecule has 0 unspecified atom stereocenters. The molecule has 2 aromatic carbocycles. The maximum absolute atomic E-state index is 13.0. The van der Waals surface area contributed by atoms with Gasteiger partial charge in [-0.25, -0.2) is 4.39 Å². The Labute approximate surface area is 171 Å². The number of Topliss-reactive ketones (excluding diaryl/α,β-unsaturated/α-hetero) is 1. The van der Waals surface area contributed by atoms with Crippen molar-refractivity contribution in [3.63, 3.8) is 0 Å². The average Bonchev–Trinajstić information content (AvgIpc) is 3.18. The maximum Gasteiger partial charge on any atom is 0.417 e. The Bertz CT molecular complexity index is 1160. The number of alkyl halides is 3. The lowest BCUT2D eigenvalue weighted by Gasteiger charge is -2.10. The van der Waals surface area contributed by atoms with Gasteiger partial charge in [0, 0.05) is 11.6 Å². The highest BCUT2D eigenvalue weighted by Crippen LogP contribution is 2.35. The molecule has 0 aliphatic heterocycles. The highest BCUT2D eigenvalue weighted by molar-refractivity contribution is 6.51. The summed E-state index contributed by atoms with van der Waals surface area (Å²) < 4.78 is 56.2. The van der Waals surface area contributed by atoms with Crippen LogP contribution < -0.4 is 5.43 Å². The number of halogens is 5. The van der Waals surface area contributed by atoms with E-state index in [0.717, 1.165) is 18.2 Å². The van der Waals surface area contributed by atoms with E-state index in [1.807, 2.05) is 0 Å². The van der Waals surface area contributed by atoms with Gasteiger partial charge in [0.25, 0.3) is 0 Å². The van der Waals surface area contributed by atoms with Crippen LogP contribution in [0.15, 0.2) is 58.2 Å². The monoisotopic (exact) mass is 436 g/mol. The molecule has 3 aromatic rings. The van der Waals surface area contributed by atoms with Gasteiger partial charge in [-0.3, -0.25) is 10.2 Å². The average molecular weight is 437 g/mol. The minimum atomic E-state index is -4.62. The van der Waals surface area contributed by atoms with Crippen LogP contribution in [-0.4, -0.2) is 16.7 Å². The molecule has 152 valence electrons. The van der Waals surface area contributed by atoms with Crippen molar-refractivity contribution in [2.75, 3.05) is 5.43 Å². The van der Waals surface area contributed by atoms with Crippen LogP contribution in [0.25, 0.3) is 11.3 Å². The zero-order valence-electron chi connectivity index (χ0n) is 14.7. The van der Waals surface area contributed by atoms with Crippen molar-refractivity contribution in [2.45, 2.75) is 6.18 Å². The molecule has 30 heavy (non-hydrogen) atoms. The minimum Gasteiger partial charge on any atom is -0.356 e. The molecular weight excluding hydrogens is 428 g/mol. The van der Waals surface area contributed by atoms with Gasteiger partial charge in [0.2, 0.25) is 11.5 Å². The summed E-state index contributed by atoms with van der Waals surface area (Å²) in [6.45, 7) is 0. The minimum absolute atomic E-state index is 0.0284. The van der Waals surface area contributed by atoms with E-state index < -0.39 is 34.1 Å². The molecule has 0 radical (unpaired) electrons. The number of nitrogens with one attached hydrogen (secondary N) is 1. The molecule has 0 bridgehead atoms. The summed E-state index contributed by atoms with van der Waals surface area (Å²) in [6.07, 6.45) is -4.62. The van der Waals surface area contributed by atoms with Crippen LogP contribution in [0.4, 0.5) is 23.2 Å². The van der Waals surface area contributed by atoms with Gasteiger partial charge in [0.05, 0.1) is 16.3 Å². The number of nitriles is 1. The van der Waals surface area contributed by atoms with Gasteiger partial charge in [0.1, 0.15) is 11.9 Å². The van der Waals surface area contributed by atoms with E-state index >= 15 is 0 Å². The van der Waals surface area contributed by atoms with Crippen molar-refractivity contribution in [1.82, 2.24) is 5.16 Å². The zero-order valence-corrected chi connectivity index (χ0v) is 15.4. The molecule has 11 heteroatoms. The summed E-state index contributed by atoms with van der Waals surface area (Å²) in [4.78, 5) is 12.4. The van der Waals surface area contributed by atoms with Gasteiger partial charge in [-0.05, 0) is 42.5 Å². The largest absolute Gasteiger partial charge is 0.417 e. The van der Waals surface area contributed by atoms with E-state index in [4.69, 9.17) is 16.1 Å². The highest BCUT2D eigenvalue weighted by atomic mass is 35.5. The lowest BCUT2D eigenvalue weighted by molar-refractivity contribution is -0.137. The molecule has 1 N–H and O–H groups in total. The van der Waals surface area contributed by atoms with Gasteiger partial charge in [0.15, 0.2) is 11.5 Å². The summed E-state index contributed by atoms with van der Waals surface area (Å²) in [6, 6.07) is 10.8. The van der Waals surface area contributed by atoms with E-state index in [1.54, 1.807) is 6.07 Å². The molecule has 0 saturated heterocycles. The van der Waals surface area contributed by atoms with Crippen molar-refractivity contribution in [1.29, 1.82) is 5.26 Å². The standard InChI is InChI=1S/C19H9ClF4N4O2/c20-14-7-12(5-6-13(14)19(22,23)24)26-27-16(9-25)18(29)15-8-17(30-28-15)10-1-3-11(21)4-2-10/h1-8,26H. The third-order valence-electron chi connectivity index (χ3n) is 3.76.